The molecule has 3 aromatic carbocycles. The minimum atomic E-state index is -3.94. The first-order valence-corrected chi connectivity index (χ1v) is 13.2. The second-order valence-electron chi connectivity index (χ2n) is 8.83. The number of pyridine rings is 1. The van der Waals surface area contributed by atoms with Gasteiger partial charge in [-0.3, -0.25) is 19.3 Å². The van der Waals surface area contributed by atoms with Gasteiger partial charge in [0.15, 0.2) is 0 Å². The van der Waals surface area contributed by atoms with Crippen molar-refractivity contribution in [3.05, 3.63) is 102 Å². The lowest BCUT2D eigenvalue weighted by Crippen LogP contribution is -2.51. The lowest BCUT2D eigenvalue weighted by Gasteiger charge is -2.34. The van der Waals surface area contributed by atoms with Gasteiger partial charge in [-0.2, -0.15) is 0 Å². The molecular weight excluding hydrogens is 514 g/mol. The number of benzene rings is 3. The number of aromatic nitrogens is 1. The fourth-order valence-electron chi connectivity index (χ4n) is 4.34. The Hall–Kier alpha value is -4.38. The number of sulfonamides is 1. The van der Waals surface area contributed by atoms with Crippen molar-refractivity contribution in [2.24, 2.45) is 0 Å². The van der Waals surface area contributed by atoms with Crippen molar-refractivity contribution < 1.29 is 26.8 Å². The third-order valence-corrected chi connectivity index (χ3v) is 7.58. The van der Waals surface area contributed by atoms with Gasteiger partial charge in [-0.25, -0.2) is 17.2 Å². The highest BCUT2D eigenvalue weighted by atomic mass is 32.2. The quantitative estimate of drug-likeness (QED) is 0.404. The van der Waals surface area contributed by atoms with Gasteiger partial charge in [-0.15, -0.1) is 0 Å². The smallest absolute Gasteiger partial charge is 0.264 e. The van der Waals surface area contributed by atoms with E-state index >= 15 is 0 Å². The fraction of sp³-hybridized carbons (Fsp3) is 0.148. The number of hydrogen-bond donors (Lipinski definition) is 1. The zero-order valence-corrected chi connectivity index (χ0v) is 20.8. The molecule has 38 heavy (non-hydrogen) atoms. The molecule has 2 amide bonds. The van der Waals surface area contributed by atoms with E-state index in [4.69, 9.17) is 0 Å². The Morgan fingerprint density at radius 1 is 0.947 bits per heavy atom. The van der Waals surface area contributed by atoms with E-state index in [0.29, 0.717) is 16.5 Å². The number of anilines is 1. The summed E-state index contributed by atoms with van der Waals surface area (Å²) in [6.45, 7) is 0.306. The minimum Gasteiger partial charge on any atom is -0.335 e. The number of piperazine rings is 1. The molecule has 1 aliphatic heterocycles. The van der Waals surface area contributed by atoms with Crippen LogP contribution in [0.25, 0.3) is 10.9 Å². The minimum absolute atomic E-state index is 0.0353. The number of amides is 2. The van der Waals surface area contributed by atoms with Crippen molar-refractivity contribution >= 4 is 38.4 Å². The summed E-state index contributed by atoms with van der Waals surface area (Å²) in [6, 6.07) is 17.4. The molecule has 1 N–H and O–H groups in total. The van der Waals surface area contributed by atoms with Crippen LogP contribution >= 0.6 is 0 Å². The van der Waals surface area contributed by atoms with E-state index in [-0.39, 0.29) is 54.1 Å². The molecule has 0 unspecified atom stereocenters. The summed E-state index contributed by atoms with van der Waals surface area (Å²) >= 11 is 0. The van der Waals surface area contributed by atoms with E-state index in [1.54, 1.807) is 24.3 Å². The lowest BCUT2D eigenvalue weighted by molar-refractivity contribution is -0.135. The highest BCUT2D eigenvalue weighted by Crippen LogP contribution is 2.24. The molecule has 0 saturated carbocycles. The highest BCUT2D eigenvalue weighted by molar-refractivity contribution is 7.93. The fourth-order valence-corrected chi connectivity index (χ4v) is 5.58. The van der Waals surface area contributed by atoms with Crippen LogP contribution in [0.4, 0.5) is 14.5 Å². The summed E-state index contributed by atoms with van der Waals surface area (Å²) in [5.74, 6) is -2.17. The summed E-state index contributed by atoms with van der Waals surface area (Å²) in [6.07, 6.45) is 1.52. The Bertz CT molecular complexity index is 1620. The third kappa shape index (κ3) is 5.32. The van der Waals surface area contributed by atoms with Crippen LogP contribution in [0.2, 0.25) is 0 Å². The second kappa shape index (κ2) is 10.2. The zero-order valence-electron chi connectivity index (χ0n) is 20.0. The summed E-state index contributed by atoms with van der Waals surface area (Å²) < 4.78 is 55.5. The molecule has 194 valence electrons. The third-order valence-electron chi connectivity index (χ3n) is 6.17. The van der Waals surface area contributed by atoms with Gasteiger partial charge >= 0.3 is 0 Å². The molecule has 5 rings (SSSR count). The standard InChI is InChI=1S/C27H22F2N4O4S/c28-21-13-18(14-22(29)15-21)16-32-11-12-33(17-25(32)34)27(35)20-6-8-23(9-7-20)31-38(36,37)24-5-1-3-19-4-2-10-30-26(19)24/h1-10,13-15,31H,11-12,16-17H2. The van der Waals surface area contributed by atoms with Crippen LogP contribution in [0, 0.1) is 11.6 Å². The van der Waals surface area contributed by atoms with Crippen LogP contribution in [0.1, 0.15) is 15.9 Å². The van der Waals surface area contributed by atoms with Gasteiger partial charge in [0.1, 0.15) is 23.1 Å². The van der Waals surface area contributed by atoms with E-state index in [0.717, 1.165) is 6.07 Å². The molecule has 0 bridgehead atoms. The molecule has 0 atom stereocenters. The zero-order chi connectivity index (χ0) is 26.9. The molecule has 1 aliphatic rings. The normalized spacial score (nSPS) is 14.1. The van der Waals surface area contributed by atoms with Crippen LogP contribution in [0.15, 0.2) is 83.9 Å². The Kier molecular flexibility index (Phi) is 6.77. The Morgan fingerprint density at radius 3 is 2.37 bits per heavy atom. The maximum absolute atomic E-state index is 13.5. The van der Waals surface area contributed by atoms with Crippen molar-refractivity contribution in [1.29, 1.82) is 0 Å². The summed E-state index contributed by atoms with van der Waals surface area (Å²) in [4.78, 5) is 32.6. The molecule has 8 nitrogen and oxygen atoms in total. The van der Waals surface area contributed by atoms with Crippen molar-refractivity contribution in [3.63, 3.8) is 0 Å². The lowest BCUT2D eigenvalue weighted by atomic mass is 10.1. The van der Waals surface area contributed by atoms with Crippen molar-refractivity contribution in [3.8, 4) is 0 Å². The van der Waals surface area contributed by atoms with Crippen LogP contribution < -0.4 is 4.72 Å². The average molecular weight is 537 g/mol. The Labute approximate surface area is 217 Å². The molecular formula is C27H22F2N4O4S. The number of carbonyl (C=O) groups excluding carboxylic acids is 2. The number of rotatable bonds is 6. The molecule has 4 aromatic rings. The number of nitrogens with one attached hydrogen (secondary N) is 1. The van der Waals surface area contributed by atoms with Gasteiger partial charge in [-0.05, 0) is 54.1 Å². The molecule has 0 spiro atoms. The molecule has 1 saturated heterocycles. The topological polar surface area (TPSA) is 99.7 Å². The average Bonchev–Trinajstić information content (AvgIpc) is 2.89. The van der Waals surface area contributed by atoms with Gasteiger partial charge in [0, 0.05) is 48.5 Å². The maximum atomic E-state index is 13.5. The molecule has 0 aliphatic carbocycles. The van der Waals surface area contributed by atoms with Crippen molar-refractivity contribution in [2.45, 2.75) is 11.4 Å². The van der Waals surface area contributed by atoms with Gasteiger partial charge < -0.3 is 9.80 Å². The number of fused-ring (bicyclic) bond motifs is 1. The van der Waals surface area contributed by atoms with Crippen LogP contribution in [-0.4, -0.2) is 54.7 Å². The number of nitrogens with zero attached hydrogens (tertiary/aromatic N) is 3. The Morgan fingerprint density at radius 2 is 1.66 bits per heavy atom. The van der Waals surface area contributed by atoms with E-state index in [1.807, 2.05) is 0 Å². The Balaban J connectivity index is 1.24. The van der Waals surface area contributed by atoms with E-state index in [2.05, 4.69) is 9.71 Å². The van der Waals surface area contributed by atoms with Gasteiger partial charge in [-0.1, -0.05) is 18.2 Å². The van der Waals surface area contributed by atoms with E-state index < -0.39 is 21.7 Å². The van der Waals surface area contributed by atoms with Crippen molar-refractivity contribution in [2.75, 3.05) is 24.4 Å². The van der Waals surface area contributed by atoms with E-state index in [1.165, 1.54) is 58.5 Å². The van der Waals surface area contributed by atoms with Crippen LogP contribution in [0.5, 0.6) is 0 Å². The van der Waals surface area contributed by atoms with Gasteiger partial charge in [0.25, 0.3) is 15.9 Å². The molecule has 1 aromatic heterocycles. The first-order valence-electron chi connectivity index (χ1n) is 11.7. The number of carbonyl (C=O) groups is 2. The number of para-hydroxylation sites is 1. The monoisotopic (exact) mass is 536 g/mol. The SMILES string of the molecule is O=C1CN(C(=O)c2ccc(NS(=O)(=O)c3cccc4cccnc34)cc2)CCN1Cc1cc(F)cc(F)c1. The molecule has 0 radical (unpaired) electrons. The maximum Gasteiger partial charge on any atom is 0.264 e. The summed E-state index contributed by atoms with van der Waals surface area (Å²) in [5, 5.41) is 0.689. The van der Waals surface area contributed by atoms with Gasteiger partial charge in [0.2, 0.25) is 5.91 Å². The van der Waals surface area contributed by atoms with Crippen LogP contribution in [-0.2, 0) is 21.4 Å². The van der Waals surface area contributed by atoms with Crippen molar-refractivity contribution in [1.82, 2.24) is 14.8 Å². The van der Waals surface area contributed by atoms with Crippen LogP contribution in [0.3, 0.4) is 0 Å². The highest BCUT2D eigenvalue weighted by Gasteiger charge is 2.28. The summed E-state index contributed by atoms with van der Waals surface area (Å²) in [7, 11) is -3.94. The largest absolute Gasteiger partial charge is 0.335 e. The van der Waals surface area contributed by atoms with Gasteiger partial charge in [0.05, 0.1) is 5.52 Å². The first kappa shape index (κ1) is 25.3. The molecule has 2 heterocycles. The first-order chi connectivity index (χ1) is 18.2. The number of hydrogen-bond acceptors (Lipinski definition) is 5. The number of halogens is 2. The molecule has 1 fully saturated rings. The van der Waals surface area contributed by atoms with E-state index in [9.17, 15) is 26.8 Å². The predicted molar refractivity (Wildman–Crippen MR) is 137 cm³/mol. The predicted octanol–water partition coefficient (Wildman–Crippen LogP) is 3.80. The second-order valence-corrected chi connectivity index (χ2v) is 10.5. The summed E-state index contributed by atoms with van der Waals surface area (Å²) in [5.41, 5.74) is 1.22. The molecule has 11 heteroatoms.